The number of fused-ring (bicyclic) bond motifs is 1. The first kappa shape index (κ1) is 27.8. The average Bonchev–Trinajstić information content (AvgIpc) is 3.36. The summed E-state index contributed by atoms with van der Waals surface area (Å²) in [6.07, 6.45) is 14.6. The number of benzene rings is 1. The van der Waals surface area contributed by atoms with Crippen molar-refractivity contribution in [3.8, 4) is 0 Å². The SMILES string of the molecule is CC12CC(C=N)C(=Nc3cccnc3)C=C1CCC2CC(NC(=O)N1CCN(c2ncccn2)CC1)c1ccccc1. The summed E-state index contributed by atoms with van der Waals surface area (Å²) in [7, 11) is 0. The first-order chi connectivity index (χ1) is 20.5. The molecule has 0 spiro atoms. The summed E-state index contributed by atoms with van der Waals surface area (Å²) in [5, 5.41) is 11.6. The van der Waals surface area contributed by atoms with Gasteiger partial charge < -0.3 is 20.5 Å². The van der Waals surface area contributed by atoms with Crippen LogP contribution in [0.15, 0.2) is 90.0 Å². The highest BCUT2D eigenvalue weighted by atomic mass is 16.2. The Bertz CT molecular complexity index is 1440. The Morgan fingerprint density at radius 3 is 2.60 bits per heavy atom. The lowest BCUT2D eigenvalue weighted by atomic mass is 9.65. The van der Waals surface area contributed by atoms with E-state index in [1.165, 1.54) is 5.57 Å². The fraction of sp³-hybridized carbons (Fsp3) is 0.394. The first-order valence-corrected chi connectivity index (χ1v) is 14.9. The highest BCUT2D eigenvalue weighted by molar-refractivity contribution is 6.07. The van der Waals surface area contributed by atoms with Crippen molar-refractivity contribution in [1.29, 1.82) is 5.41 Å². The van der Waals surface area contributed by atoms with Crippen LogP contribution in [-0.4, -0.2) is 64.0 Å². The lowest BCUT2D eigenvalue weighted by Crippen LogP contribution is -2.52. The Kier molecular flexibility index (Phi) is 8.08. The van der Waals surface area contributed by atoms with Crippen LogP contribution >= 0.6 is 0 Å². The Balaban J connectivity index is 1.18. The van der Waals surface area contributed by atoms with Gasteiger partial charge in [0.25, 0.3) is 0 Å². The van der Waals surface area contributed by atoms with E-state index in [4.69, 9.17) is 10.4 Å². The van der Waals surface area contributed by atoms with Gasteiger partial charge in [-0.1, -0.05) is 42.8 Å². The van der Waals surface area contributed by atoms with Gasteiger partial charge in [0.15, 0.2) is 0 Å². The molecule has 2 N–H and O–H groups in total. The number of nitrogens with one attached hydrogen (secondary N) is 2. The van der Waals surface area contributed by atoms with Gasteiger partial charge in [0.2, 0.25) is 5.95 Å². The molecule has 2 aromatic heterocycles. The number of piperazine rings is 1. The molecule has 9 nitrogen and oxygen atoms in total. The second-order valence-corrected chi connectivity index (χ2v) is 11.7. The number of nitrogens with zero attached hydrogens (tertiary/aromatic N) is 6. The highest BCUT2D eigenvalue weighted by Gasteiger charge is 2.47. The van der Waals surface area contributed by atoms with Gasteiger partial charge in [-0.15, -0.1) is 0 Å². The maximum atomic E-state index is 13.6. The zero-order chi connectivity index (χ0) is 28.9. The standard InChI is InChI=1S/C33H38N8O/c1-33-21-25(22-34)30(38-28-9-5-12-35-23-28)20-27(33)11-10-26(33)19-29(24-7-3-2-4-8-24)39-32(42)41-17-15-40(16-18-41)31-36-13-6-14-37-31/h2-9,12-14,20,22-23,25-26,29,34H,10-11,15-19,21H2,1H3,(H,39,42). The van der Waals surface area contributed by atoms with Crippen LogP contribution in [0.3, 0.4) is 0 Å². The molecule has 0 bridgehead atoms. The third-order valence-corrected chi connectivity index (χ3v) is 9.27. The van der Waals surface area contributed by atoms with Gasteiger partial charge >= 0.3 is 6.03 Å². The van der Waals surface area contributed by atoms with Crippen molar-refractivity contribution in [2.75, 3.05) is 31.1 Å². The zero-order valence-corrected chi connectivity index (χ0v) is 24.1. The molecule has 6 rings (SSSR count). The van der Waals surface area contributed by atoms with Crippen molar-refractivity contribution >= 4 is 29.6 Å². The van der Waals surface area contributed by atoms with Gasteiger partial charge in [0.1, 0.15) is 0 Å². The van der Waals surface area contributed by atoms with Crippen molar-refractivity contribution in [2.24, 2.45) is 22.2 Å². The fourth-order valence-corrected chi connectivity index (χ4v) is 6.84. The van der Waals surface area contributed by atoms with E-state index >= 15 is 0 Å². The van der Waals surface area contributed by atoms with Crippen molar-refractivity contribution in [3.63, 3.8) is 0 Å². The van der Waals surface area contributed by atoms with E-state index in [0.29, 0.717) is 38.0 Å². The van der Waals surface area contributed by atoms with Crippen LogP contribution < -0.4 is 10.2 Å². The largest absolute Gasteiger partial charge is 0.337 e. The van der Waals surface area contributed by atoms with E-state index in [1.807, 2.05) is 41.3 Å². The Hall–Kier alpha value is -4.40. The van der Waals surface area contributed by atoms with Crippen molar-refractivity contribution in [2.45, 2.75) is 38.6 Å². The number of anilines is 1. The van der Waals surface area contributed by atoms with Crippen LogP contribution in [0, 0.1) is 22.7 Å². The predicted octanol–water partition coefficient (Wildman–Crippen LogP) is 5.62. The van der Waals surface area contributed by atoms with Crippen LogP contribution in [0.4, 0.5) is 16.4 Å². The number of aromatic nitrogens is 3. The average molecular weight is 563 g/mol. The minimum atomic E-state index is -0.0979. The molecule has 3 aromatic rings. The van der Waals surface area contributed by atoms with Crippen LogP contribution in [0.1, 0.15) is 44.2 Å². The molecular weight excluding hydrogens is 524 g/mol. The number of carbonyl (C=O) groups excluding carboxylic acids is 1. The van der Waals surface area contributed by atoms with Crippen LogP contribution in [0.25, 0.3) is 0 Å². The molecule has 2 aliphatic carbocycles. The molecule has 1 aliphatic heterocycles. The molecule has 4 atom stereocenters. The number of aliphatic imine (C=N–C) groups is 1. The Labute approximate surface area is 247 Å². The summed E-state index contributed by atoms with van der Waals surface area (Å²) in [6.45, 7) is 5.01. The van der Waals surface area contributed by atoms with Crippen molar-refractivity contribution in [1.82, 2.24) is 25.2 Å². The second kappa shape index (κ2) is 12.2. The van der Waals surface area contributed by atoms with E-state index < -0.39 is 0 Å². The molecule has 1 aromatic carbocycles. The Morgan fingerprint density at radius 1 is 1.10 bits per heavy atom. The van der Waals surface area contributed by atoms with Gasteiger partial charge in [0.05, 0.1) is 17.9 Å². The van der Waals surface area contributed by atoms with Gasteiger partial charge in [-0.25, -0.2) is 14.8 Å². The highest BCUT2D eigenvalue weighted by Crippen LogP contribution is 2.56. The smallest absolute Gasteiger partial charge is 0.318 e. The molecular formula is C33H38N8O. The third-order valence-electron chi connectivity index (χ3n) is 9.27. The molecule has 2 fully saturated rings. The Morgan fingerprint density at radius 2 is 1.88 bits per heavy atom. The molecule has 1 saturated carbocycles. The summed E-state index contributed by atoms with van der Waals surface area (Å²) in [5.41, 5.74) is 4.25. The summed E-state index contributed by atoms with van der Waals surface area (Å²) in [4.78, 5) is 35.4. The summed E-state index contributed by atoms with van der Waals surface area (Å²) in [6, 6.07) is 15.9. The summed E-state index contributed by atoms with van der Waals surface area (Å²) >= 11 is 0. The number of carbonyl (C=O) groups is 1. The second-order valence-electron chi connectivity index (χ2n) is 11.7. The fourth-order valence-electron chi connectivity index (χ4n) is 6.84. The van der Waals surface area contributed by atoms with Crippen molar-refractivity contribution < 1.29 is 4.79 Å². The van der Waals surface area contributed by atoms with Crippen molar-refractivity contribution in [3.05, 3.63) is 90.5 Å². The maximum Gasteiger partial charge on any atom is 0.318 e. The normalized spacial score (nSPS) is 25.5. The number of amides is 2. The van der Waals surface area contributed by atoms with Crippen LogP contribution in [-0.2, 0) is 0 Å². The van der Waals surface area contributed by atoms with E-state index in [-0.39, 0.29) is 23.4 Å². The van der Waals surface area contributed by atoms with E-state index in [2.05, 4.69) is 50.3 Å². The number of hydrogen-bond donors (Lipinski definition) is 2. The zero-order valence-electron chi connectivity index (χ0n) is 24.1. The molecule has 9 heteroatoms. The quantitative estimate of drug-likeness (QED) is 0.363. The van der Waals surface area contributed by atoms with Crippen LogP contribution in [0.2, 0.25) is 0 Å². The minimum absolute atomic E-state index is 0.0247. The monoisotopic (exact) mass is 562 g/mol. The van der Waals surface area contributed by atoms with E-state index in [0.717, 1.165) is 42.6 Å². The van der Waals surface area contributed by atoms with Gasteiger partial charge in [-0.3, -0.25) is 9.98 Å². The van der Waals surface area contributed by atoms with E-state index in [9.17, 15) is 4.79 Å². The molecule has 1 saturated heterocycles. The third kappa shape index (κ3) is 5.82. The topological polar surface area (TPSA) is 110 Å². The minimum Gasteiger partial charge on any atom is -0.337 e. The number of rotatable bonds is 7. The molecule has 2 amide bonds. The number of urea groups is 1. The van der Waals surface area contributed by atoms with Crippen LogP contribution in [0.5, 0.6) is 0 Å². The molecule has 3 heterocycles. The summed E-state index contributed by atoms with van der Waals surface area (Å²) in [5.74, 6) is 1.04. The molecule has 4 unspecified atom stereocenters. The van der Waals surface area contributed by atoms with Gasteiger partial charge in [-0.05, 0) is 66.9 Å². The maximum absolute atomic E-state index is 13.6. The van der Waals surface area contributed by atoms with Gasteiger partial charge in [0, 0.05) is 62.6 Å². The molecule has 216 valence electrons. The predicted molar refractivity (Wildman–Crippen MR) is 165 cm³/mol. The van der Waals surface area contributed by atoms with E-state index in [1.54, 1.807) is 31.0 Å². The number of hydrogen-bond acceptors (Lipinski definition) is 7. The number of pyridine rings is 1. The molecule has 3 aliphatic rings. The lowest BCUT2D eigenvalue weighted by molar-refractivity contribution is 0.178. The lowest BCUT2D eigenvalue weighted by Gasteiger charge is -2.41. The van der Waals surface area contributed by atoms with Gasteiger partial charge in [-0.2, -0.15) is 0 Å². The molecule has 42 heavy (non-hydrogen) atoms. The first-order valence-electron chi connectivity index (χ1n) is 14.9. The summed E-state index contributed by atoms with van der Waals surface area (Å²) < 4.78 is 0. The molecule has 0 radical (unpaired) electrons. The number of allylic oxidation sites excluding steroid dienone is 2.